The molecule has 2 aromatic rings. The quantitative estimate of drug-likeness (QED) is 0.517. The third-order valence-electron chi connectivity index (χ3n) is 2.83. The van der Waals surface area contributed by atoms with E-state index >= 15 is 0 Å². The molecule has 0 saturated heterocycles. The van der Waals surface area contributed by atoms with E-state index < -0.39 is 16.4 Å². The molecule has 7 nitrogen and oxygen atoms in total. The molecule has 7 heteroatoms. The van der Waals surface area contributed by atoms with Gasteiger partial charge in [-0.2, -0.15) is 0 Å². The lowest BCUT2D eigenvalue weighted by Gasteiger charge is -2.13. The first-order chi connectivity index (χ1) is 10.4. The number of nitro groups is 1. The summed E-state index contributed by atoms with van der Waals surface area (Å²) >= 11 is 0. The van der Waals surface area contributed by atoms with Gasteiger partial charge in [-0.25, -0.2) is 0 Å². The fraction of sp³-hybridized carbons (Fsp3) is 0.200. The van der Waals surface area contributed by atoms with Gasteiger partial charge in [-0.05, 0) is 32.0 Å². The number of aromatic hydroxyl groups is 1. The van der Waals surface area contributed by atoms with Crippen LogP contribution in [0.3, 0.4) is 0 Å². The molecular weight excluding hydrogens is 288 g/mol. The predicted molar refractivity (Wildman–Crippen MR) is 79.1 cm³/mol. The minimum Gasteiger partial charge on any atom is -0.500 e. The lowest BCUT2D eigenvalue weighted by Crippen LogP contribution is -2.06. The van der Waals surface area contributed by atoms with Crippen molar-refractivity contribution < 1.29 is 19.6 Å². The van der Waals surface area contributed by atoms with Crippen LogP contribution in [-0.2, 0) is 0 Å². The highest BCUT2D eigenvalue weighted by molar-refractivity contribution is 5.76. The number of nitro benzene ring substituents is 1. The van der Waals surface area contributed by atoms with Crippen LogP contribution in [0.15, 0.2) is 30.5 Å². The van der Waals surface area contributed by atoms with Gasteiger partial charge >= 0.3 is 5.69 Å². The Balaban J connectivity index is 2.56. The molecule has 0 aliphatic rings. The van der Waals surface area contributed by atoms with E-state index in [1.54, 1.807) is 26.0 Å². The molecule has 1 N–H and O–H groups in total. The second-order valence-electron chi connectivity index (χ2n) is 4.86. The fourth-order valence-electron chi connectivity index (χ4n) is 1.87. The standard InChI is InChI=1S/C15H14N2O5/c1-9(2)22-14-6-11(5-13(15(14)19)17(20)21)12-4-3-10(8-18)7-16-12/h3-9,19H,1-2H3. The van der Waals surface area contributed by atoms with Gasteiger partial charge in [0.2, 0.25) is 5.75 Å². The van der Waals surface area contributed by atoms with E-state index in [4.69, 9.17) is 4.74 Å². The van der Waals surface area contributed by atoms with E-state index in [9.17, 15) is 20.0 Å². The summed E-state index contributed by atoms with van der Waals surface area (Å²) in [5, 5.41) is 21.0. The zero-order chi connectivity index (χ0) is 16.3. The molecule has 0 saturated carbocycles. The van der Waals surface area contributed by atoms with Crippen LogP contribution >= 0.6 is 0 Å². The van der Waals surface area contributed by atoms with Crippen molar-refractivity contribution in [2.24, 2.45) is 0 Å². The summed E-state index contributed by atoms with van der Waals surface area (Å²) in [4.78, 5) is 25.1. The van der Waals surface area contributed by atoms with Gasteiger partial charge in [-0.3, -0.25) is 19.9 Å². The molecule has 0 unspecified atom stereocenters. The number of rotatable bonds is 5. The van der Waals surface area contributed by atoms with Crippen LogP contribution in [0.25, 0.3) is 11.3 Å². The largest absolute Gasteiger partial charge is 0.500 e. The van der Waals surface area contributed by atoms with Crippen molar-refractivity contribution >= 4 is 12.0 Å². The monoisotopic (exact) mass is 302 g/mol. The third kappa shape index (κ3) is 3.20. The summed E-state index contributed by atoms with van der Waals surface area (Å²) in [6.07, 6.45) is 1.76. The second kappa shape index (κ2) is 6.21. The fourth-order valence-corrected chi connectivity index (χ4v) is 1.87. The number of ether oxygens (including phenoxy) is 1. The molecule has 0 atom stereocenters. The zero-order valence-corrected chi connectivity index (χ0v) is 12.0. The van der Waals surface area contributed by atoms with Gasteiger partial charge in [0.25, 0.3) is 0 Å². The van der Waals surface area contributed by atoms with Gasteiger partial charge in [0, 0.05) is 23.4 Å². The van der Waals surface area contributed by atoms with Crippen LogP contribution in [0.5, 0.6) is 11.5 Å². The molecule has 0 fully saturated rings. The number of phenolic OH excluding ortho intramolecular Hbond substituents is 1. The molecule has 114 valence electrons. The van der Waals surface area contributed by atoms with Gasteiger partial charge in [-0.15, -0.1) is 0 Å². The van der Waals surface area contributed by atoms with Crippen molar-refractivity contribution in [2.75, 3.05) is 0 Å². The Labute approximate surface area is 126 Å². The minimum absolute atomic E-state index is 0.0143. The van der Waals surface area contributed by atoms with Gasteiger partial charge in [0.1, 0.15) is 0 Å². The number of carbonyl (C=O) groups is 1. The Kier molecular flexibility index (Phi) is 4.36. The Morgan fingerprint density at radius 3 is 2.59 bits per heavy atom. The van der Waals surface area contributed by atoms with Gasteiger partial charge < -0.3 is 9.84 Å². The third-order valence-corrected chi connectivity index (χ3v) is 2.83. The van der Waals surface area contributed by atoms with Gasteiger partial charge in [-0.1, -0.05) is 0 Å². The first kappa shape index (κ1) is 15.4. The topological polar surface area (TPSA) is 103 Å². The van der Waals surface area contributed by atoms with Gasteiger partial charge in [0.15, 0.2) is 12.0 Å². The van der Waals surface area contributed by atoms with Crippen molar-refractivity contribution in [2.45, 2.75) is 20.0 Å². The SMILES string of the molecule is CC(C)Oc1cc(-c2ccc(C=O)cn2)cc([N+](=O)[O-])c1O. The van der Waals surface area contributed by atoms with Gasteiger partial charge in [0.05, 0.1) is 16.7 Å². The molecule has 0 aliphatic carbocycles. The summed E-state index contributed by atoms with van der Waals surface area (Å²) in [6, 6.07) is 5.81. The Hall–Kier alpha value is -2.96. The van der Waals surface area contributed by atoms with Crippen LogP contribution in [0.2, 0.25) is 0 Å². The van der Waals surface area contributed by atoms with Crippen molar-refractivity contribution in [1.82, 2.24) is 4.98 Å². The zero-order valence-electron chi connectivity index (χ0n) is 12.0. The van der Waals surface area contributed by atoms with Crippen LogP contribution in [0.4, 0.5) is 5.69 Å². The summed E-state index contributed by atoms with van der Waals surface area (Å²) in [7, 11) is 0. The Morgan fingerprint density at radius 1 is 1.36 bits per heavy atom. The molecule has 0 bridgehead atoms. The molecule has 0 spiro atoms. The lowest BCUT2D eigenvalue weighted by atomic mass is 10.1. The number of aromatic nitrogens is 1. The maximum absolute atomic E-state index is 11.1. The van der Waals surface area contributed by atoms with Crippen molar-refractivity contribution in [3.8, 4) is 22.8 Å². The predicted octanol–water partition coefficient (Wildman–Crippen LogP) is 2.96. The number of nitrogens with zero attached hydrogens (tertiary/aromatic N) is 2. The first-order valence-electron chi connectivity index (χ1n) is 6.52. The number of phenols is 1. The maximum Gasteiger partial charge on any atom is 0.315 e. The smallest absolute Gasteiger partial charge is 0.315 e. The van der Waals surface area contributed by atoms with E-state index in [1.165, 1.54) is 18.3 Å². The minimum atomic E-state index is -0.689. The van der Waals surface area contributed by atoms with Crippen LogP contribution in [-0.4, -0.2) is 27.4 Å². The molecule has 1 aromatic heterocycles. The summed E-state index contributed by atoms with van der Waals surface area (Å²) in [5.74, 6) is -0.507. The number of benzene rings is 1. The number of aldehydes is 1. The average molecular weight is 302 g/mol. The van der Waals surface area contributed by atoms with E-state index in [2.05, 4.69) is 4.98 Å². The lowest BCUT2D eigenvalue weighted by molar-refractivity contribution is -0.385. The number of carbonyl (C=O) groups excluding carboxylic acids is 1. The summed E-state index contributed by atoms with van der Waals surface area (Å²) in [5.41, 5.74) is 0.782. The Bertz CT molecular complexity index is 711. The second-order valence-corrected chi connectivity index (χ2v) is 4.86. The molecule has 2 rings (SSSR count). The molecule has 22 heavy (non-hydrogen) atoms. The van der Waals surface area contributed by atoms with E-state index in [0.29, 0.717) is 23.1 Å². The highest BCUT2D eigenvalue weighted by Gasteiger charge is 2.21. The molecule has 0 amide bonds. The molecule has 1 aromatic carbocycles. The molecular formula is C15H14N2O5. The average Bonchev–Trinajstić information content (AvgIpc) is 2.48. The summed E-state index contributed by atoms with van der Waals surface area (Å²) in [6.45, 7) is 3.49. The van der Waals surface area contributed by atoms with E-state index in [0.717, 1.165) is 0 Å². The first-order valence-corrected chi connectivity index (χ1v) is 6.52. The van der Waals surface area contributed by atoms with Crippen LogP contribution in [0, 0.1) is 10.1 Å². The van der Waals surface area contributed by atoms with Crippen molar-refractivity contribution in [3.63, 3.8) is 0 Å². The number of hydrogen-bond donors (Lipinski definition) is 1. The summed E-state index contributed by atoms with van der Waals surface area (Å²) < 4.78 is 5.40. The van der Waals surface area contributed by atoms with Crippen molar-refractivity contribution in [3.05, 3.63) is 46.1 Å². The van der Waals surface area contributed by atoms with Crippen LogP contribution < -0.4 is 4.74 Å². The van der Waals surface area contributed by atoms with Crippen molar-refractivity contribution in [1.29, 1.82) is 0 Å². The van der Waals surface area contributed by atoms with E-state index in [1.807, 2.05) is 0 Å². The normalized spacial score (nSPS) is 10.5. The maximum atomic E-state index is 11.1. The van der Waals surface area contributed by atoms with E-state index in [-0.39, 0.29) is 11.9 Å². The molecule has 0 radical (unpaired) electrons. The number of pyridine rings is 1. The molecule has 0 aliphatic heterocycles. The highest BCUT2D eigenvalue weighted by atomic mass is 16.6. The number of hydrogen-bond acceptors (Lipinski definition) is 6. The molecule has 1 heterocycles. The van der Waals surface area contributed by atoms with Crippen LogP contribution in [0.1, 0.15) is 24.2 Å². The Morgan fingerprint density at radius 2 is 2.09 bits per heavy atom. The highest BCUT2D eigenvalue weighted by Crippen LogP contribution is 2.40.